The van der Waals surface area contributed by atoms with Gasteiger partial charge in [0.25, 0.3) is 0 Å². The van der Waals surface area contributed by atoms with Crippen molar-refractivity contribution in [1.29, 1.82) is 0 Å². The molecule has 0 saturated carbocycles. The van der Waals surface area contributed by atoms with Crippen molar-refractivity contribution >= 4 is 17.6 Å². The van der Waals surface area contributed by atoms with Crippen molar-refractivity contribution < 1.29 is 27.0 Å². The Labute approximate surface area is 193 Å². The Morgan fingerprint density at radius 1 is 1.00 bits per heavy atom. The number of aromatic nitrogens is 3. The average molecular weight is 483 g/mol. The Hall–Kier alpha value is -2.93. The normalized spacial score (nSPS) is 24.0. The van der Waals surface area contributed by atoms with Gasteiger partial charge in [-0.05, 0) is 6.07 Å². The van der Waals surface area contributed by atoms with Crippen molar-refractivity contribution in [2.75, 3.05) is 68.0 Å². The molecule has 5 heterocycles. The number of morpholine rings is 1. The number of rotatable bonds is 6. The molecule has 3 saturated heterocycles. The van der Waals surface area contributed by atoms with E-state index in [1.165, 1.54) is 17.2 Å². The second kappa shape index (κ2) is 9.37. The second-order valence-corrected chi connectivity index (χ2v) is 8.54. The van der Waals surface area contributed by atoms with Crippen LogP contribution in [0.2, 0.25) is 0 Å². The highest BCUT2D eigenvalue weighted by Crippen LogP contribution is 2.33. The SMILES string of the molecule is Nc1ncc(-c2cc(N3CC(N4CCOCC4)C3)nc(N3C[C@@H](F)[C@@H](F)C3)n2)cc1OC(F)F. The summed E-state index contributed by atoms with van der Waals surface area (Å²) in [7, 11) is 0. The second-order valence-electron chi connectivity index (χ2n) is 8.54. The molecular formula is C21H25F4N7O2. The molecule has 5 rings (SSSR count). The van der Waals surface area contributed by atoms with Gasteiger partial charge in [0.05, 0.1) is 32.0 Å². The molecule has 2 aromatic heterocycles. The van der Waals surface area contributed by atoms with Gasteiger partial charge in [-0.15, -0.1) is 0 Å². The molecule has 2 atom stereocenters. The summed E-state index contributed by atoms with van der Waals surface area (Å²) in [5, 5.41) is 0. The number of hydrogen-bond donors (Lipinski definition) is 1. The van der Waals surface area contributed by atoms with Crippen molar-refractivity contribution in [3.63, 3.8) is 0 Å². The van der Waals surface area contributed by atoms with Gasteiger partial charge in [0.2, 0.25) is 5.95 Å². The third-order valence-corrected chi connectivity index (χ3v) is 6.31. The van der Waals surface area contributed by atoms with Gasteiger partial charge in [0.15, 0.2) is 23.9 Å². The van der Waals surface area contributed by atoms with Gasteiger partial charge in [-0.2, -0.15) is 13.8 Å². The third-order valence-electron chi connectivity index (χ3n) is 6.31. The number of alkyl halides is 4. The van der Waals surface area contributed by atoms with E-state index in [-0.39, 0.29) is 30.6 Å². The number of ether oxygens (including phenoxy) is 2. The lowest BCUT2D eigenvalue weighted by Crippen LogP contribution is -2.61. The van der Waals surface area contributed by atoms with E-state index in [2.05, 4.69) is 24.6 Å². The first-order valence-electron chi connectivity index (χ1n) is 11.1. The van der Waals surface area contributed by atoms with Crippen LogP contribution in [0.25, 0.3) is 11.3 Å². The van der Waals surface area contributed by atoms with Crippen LogP contribution in [0.1, 0.15) is 0 Å². The minimum absolute atomic E-state index is 0.165. The molecule has 0 unspecified atom stereocenters. The number of hydrogen-bond acceptors (Lipinski definition) is 9. The molecule has 3 aliphatic heterocycles. The highest BCUT2D eigenvalue weighted by Gasteiger charge is 2.37. The number of anilines is 3. The molecule has 0 bridgehead atoms. The van der Waals surface area contributed by atoms with Crippen LogP contribution < -0.4 is 20.3 Å². The van der Waals surface area contributed by atoms with Crippen molar-refractivity contribution in [2.24, 2.45) is 0 Å². The van der Waals surface area contributed by atoms with Crippen molar-refractivity contribution in [2.45, 2.75) is 25.0 Å². The van der Waals surface area contributed by atoms with Gasteiger partial charge in [0.1, 0.15) is 5.82 Å². The molecule has 0 radical (unpaired) electrons. The Bertz CT molecular complexity index is 1010. The Morgan fingerprint density at radius 3 is 2.38 bits per heavy atom. The monoisotopic (exact) mass is 483 g/mol. The smallest absolute Gasteiger partial charge is 0.387 e. The van der Waals surface area contributed by atoms with Crippen LogP contribution in [0.5, 0.6) is 5.75 Å². The highest BCUT2D eigenvalue weighted by atomic mass is 19.3. The van der Waals surface area contributed by atoms with Crippen molar-refractivity contribution in [3.05, 3.63) is 18.3 Å². The molecule has 0 spiro atoms. The fourth-order valence-corrected chi connectivity index (χ4v) is 4.36. The summed E-state index contributed by atoms with van der Waals surface area (Å²) >= 11 is 0. The molecule has 0 aromatic carbocycles. The van der Waals surface area contributed by atoms with Crippen LogP contribution in [0.3, 0.4) is 0 Å². The third kappa shape index (κ3) is 4.67. The van der Waals surface area contributed by atoms with Crippen LogP contribution in [0.4, 0.5) is 35.1 Å². The Morgan fingerprint density at radius 2 is 1.71 bits per heavy atom. The minimum atomic E-state index is -3.07. The standard InChI is InChI=1S/C21H25F4N7O2/c22-14-10-32(11-15(14)23)21-28-16(12-5-17(34-20(24)25)19(26)27-7-12)6-18(29-21)31-8-13(9-31)30-1-3-33-4-2-30/h5-7,13-15,20H,1-4,8-11H2,(H2,26,27)/t14-,15+. The lowest BCUT2D eigenvalue weighted by molar-refractivity contribution is -0.0494. The molecule has 3 fully saturated rings. The Balaban J connectivity index is 1.44. The number of nitrogens with zero attached hydrogens (tertiary/aromatic N) is 6. The maximum Gasteiger partial charge on any atom is 0.387 e. The van der Waals surface area contributed by atoms with Gasteiger partial charge in [-0.3, -0.25) is 4.90 Å². The zero-order valence-corrected chi connectivity index (χ0v) is 18.3. The number of nitrogens with two attached hydrogens (primary N) is 1. The van der Waals surface area contributed by atoms with Gasteiger partial charge in [-0.25, -0.2) is 18.7 Å². The molecule has 9 nitrogen and oxygen atoms in total. The van der Waals surface area contributed by atoms with Crippen LogP contribution in [0.15, 0.2) is 18.3 Å². The summed E-state index contributed by atoms with van der Waals surface area (Å²) in [6, 6.07) is 3.37. The maximum absolute atomic E-state index is 13.9. The van der Waals surface area contributed by atoms with E-state index in [0.717, 1.165) is 26.2 Å². The van der Waals surface area contributed by atoms with E-state index in [0.29, 0.717) is 36.3 Å². The summed E-state index contributed by atoms with van der Waals surface area (Å²) in [4.78, 5) is 18.8. The van der Waals surface area contributed by atoms with Gasteiger partial charge < -0.3 is 25.0 Å². The molecule has 184 valence electrons. The first kappa shape index (κ1) is 22.8. The number of pyridine rings is 1. The lowest BCUT2D eigenvalue weighted by atomic mass is 10.1. The quantitative estimate of drug-likeness (QED) is 0.617. The largest absolute Gasteiger partial charge is 0.431 e. The maximum atomic E-state index is 13.9. The molecule has 3 aliphatic rings. The summed E-state index contributed by atoms with van der Waals surface area (Å²) in [5.41, 5.74) is 6.38. The number of nitrogen functional groups attached to an aromatic ring is 1. The van der Waals surface area contributed by atoms with E-state index >= 15 is 0 Å². The minimum Gasteiger partial charge on any atom is -0.431 e. The first-order chi connectivity index (χ1) is 16.4. The fraction of sp³-hybridized carbons (Fsp3) is 0.571. The molecule has 13 heteroatoms. The van der Waals surface area contributed by atoms with Crippen LogP contribution >= 0.6 is 0 Å². The van der Waals surface area contributed by atoms with Gasteiger partial charge in [-0.1, -0.05) is 0 Å². The van der Waals surface area contributed by atoms with Gasteiger partial charge in [0, 0.05) is 50.0 Å². The average Bonchev–Trinajstić information content (AvgIpc) is 3.13. The predicted molar refractivity (Wildman–Crippen MR) is 117 cm³/mol. The van der Waals surface area contributed by atoms with Crippen molar-refractivity contribution in [1.82, 2.24) is 19.9 Å². The molecule has 2 N–H and O–H groups in total. The summed E-state index contributed by atoms with van der Waals surface area (Å²) < 4.78 is 63.2. The van der Waals surface area contributed by atoms with E-state index in [9.17, 15) is 17.6 Å². The van der Waals surface area contributed by atoms with Crippen LogP contribution in [0, 0.1) is 0 Å². The Kier molecular flexibility index (Phi) is 6.30. The summed E-state index contributed by atoms with van der Waals surface area (Å²) in [5.74, 6) is 0.280. The molecule has 0 amide bonds. The molecule has 0 aliphatic carbocycles. The van der Waals surface area contributed by atoms with E-state index < -0.39 is 19.0 Å². The zero-order valence-electron chi connectivity index (χ0n) is 18.3. The fourth-order valence-electron chi connectivity index (χ4n) is 4.36. The van der Waals surface area contributed by atoms with E-state index in [1.807, 2.05) is 4.90 Å². The highest BCUT2D eigenvalue weighted by molar-refractivity contribution is 5.68. The first-order valence-corrected chi connectivity index (χ1v) is 11.1. The van der Waals surface area contributed by atoms with Crippen molar-refractivity contribution in [3.8, 4) is 17.0 Å². The topological polar surface area (TPSA) is 92.9 Å². The van der Waals surface area contributed by atoms with E-state index in [4.69, 9.17) is 10.5 Å². The van der Waals surface area contributed by atoms with Crippen LogP contribution in [-0.4, -0.2) is 97.3 Å². The summed E-state index contributed by atoms with van der Waals surface area (Å²) in [6.45, 7) is 1.20. The molecule has 34 heavy (non-hydrogen) atoms. The zero-order chi connectivity index (χ0) is 23.8. The van der Waals surface area contributed by atoms with Crippen LogP contribution in [-0.2, 0) is 4.74 Å². The molecule has 2 aromatic rings. The van der Waals surface area contributed by atoms with Gasteiger partial charge >= 0.3 is 6.61 Å². The summed E-state index contributed by atoms with van der Waals surface area (Å²) in [6.07, 6.45) is -1.87. The lowest BCUT2D eigenvalue weighted by Gasteiger charge is -2.47. The number of halogens is 4. The molecular weight excluding hydrogens is 458 g/mol. The van der Waals surface area contributed by atoms with E-state index in [1.54, 1.807) is 6.07 Å². The predicted octanol–water partition coefficient (Wildman–Crippen LogP) is 1.74.